The Morgan fingerprint density at radius 1 is 1.05 bits per heavy atom. The van der Waals surface area contributed by atoms with Crippen LogP contribution < -0.4 is 10.6 Å². The molecule has 1 amide bonds. The van der Waals surface area contributed by atoms with Gasteiger partial charge in [-0.1, -0.05) is 48.5 Å². The molecule has 0 aliphatic carbocycles. The Labute approximate surface area is 125 Å². The largest absolute Gasteiger partial charge is 0.325 e. The second kappa shape index (κ2) is 6.55. The van der Waals surface area contributed by atoms with E-state index in [0.29, 0.717) is 0 Å². The molecule has 0 saturated carbocycles. The van der Waals surface area contributed by atoms with Crippen LogP contribution in [0.2, 0.25) is 0 Å². The summed E-state index contributed by atoms with van der Waals surface area (Å²) in [6, 6.07) is 18.1. The Morgan fingerprint density at radius 3 is 2.57 bits per heavy atom. The molecular weight excluding hydrogens is 260 g/mol. The number of piperidine rings is 1. The number of rotatable bonds is 3. The molecule has 2 N–H and O–H groups in total. The Hall–Kier alpha value is -2.13. The van der Waals surface area contributed by atoms with Crippen LogP contribution in [0.5, 0.6) is 0 Å². The van der Waals surface area contributed by atoms with Crippen molar-refractivity contribution in [2.45, 2.75) is 12.8 Å². The lowest BCUT2D eigenvalue weighted by atomic mass is 9.98. The number of benzene rings is 2. The van der Waals surface area contributed by atoms with Gasteiger partial charge in [0.15, 0.2) is 0 Å². The van der Waals surface area contributed by atoms with Gasteiger partial charge in [0.25, 0.3) is 0 Å². The number of hydrogen-bond acceptors (Lipinski definition) is 2. The van der Waals surface area contributed by atoms with Crippen molar-refractivity contribution < 1.29 is 4.79 Å². The predicted octanol–water partition coefficient (Wildman–Crippen LogP) is 3.29. The van der Waals surface area contributed by atoms with Crippen molar-refractivity contribution in [2.24, 2.45) is 5.92 Å². The first-order valence-corrected chi connectivity index (χ1v) is 7.50. The minimum absolute atomic E-state index is 0.0718. The number of nitrogens with one attached hydrogen (secondary N) is 2. The van der Waals surface area contributed by atoms with Crippen molar-refractivity contribution in [2.75, 3.05) is 18.4 Å². The van der Waals surface area contributed by atoms with E-state index < -0.39 is 0 Å². The molecule has 0 aromatic heterocycles. The van der Waals surface area contributed by atoms with E-state index in [1.165, 1.54) is 0 Å². The first-order chi connectivity index (χ1) is 10.3. The SMILES string of the molecule is O=C(Nc1ccccc1-c1ccccc1)[C@@H]1CCCNC1. The Kier molecular flexibility index (Phi) is 4.31. The molecule has 1 aliphatic rings. The molecule has 1 aliphatic heterocycles. The van der Waals surface area contributed by atoms with Gasteiger partial charge < -0.3 is 10.6 Å². The van der Waals surface area contributed by atoms with Gasteiger partial charge >= 0.3 is 0 Å². The smallest absolute Gasteiger partial charge is 0.228 e. The Morgan fingerprint density at radius 2 is 1.81 bits per heavy atom. The maximum atomic E-state index is 12.4. The molecule has 0 spiro atoms. The maximum absolute atomic E-state index is 12.4. The fraction of sp³-hybridized carbons (Fsp3) is 0.278. The van der Waals surface area contributed by atoms with Crippen molar-refractivity contribution in [3.8, 4) is 11.1 Å². The van der Waals surface area contributed by atoms with Crippen LogP contribution in [0.4, 0.5) is 5.69 Å². The highest BCUT2D eigenvalue weighted by atomic mass is 16.1. The summed E-state index contributed by atoms with van der Waals surface area (Å²) in [6.45, 7) is 1.80. The van der Waals surface area contributed by atoms with Gasteiger partial charge in [0.2, 0.25) is 5.91 Å². The van der Waals surface area contributed by atoms with Gasteiger partial charge in [-0.15, -0.1) is 0 Å². The predicted molar refractivity (Wildman–Crippen MR) is 86.1 cm³/mol. The lowest BCUT2D eigenvalue weighted by molar-refractivity contribution is -0.120. The number of para-hydroxylation sites is 1. The van der Waals surface area contributed by atoms with Gasteiger partial charge in [0.05, 0.1) is 5.92 Å². The summed E-state index contributed by atoms with van der Waals surface area (Å²) in [6.07, 6.45) is 2.03. The average molecular weight is 280 g/mol. The van der Waals surface area contributed by atoms with Gasteiger partial charge in [-0.05, 0) is 31.0 Å². The Balaban J connectivity index is 1.81. The van der Waals surface area contributed by atoms with Crippen molar-refractivity contribution in [3.05, 3.63) is 54.6 Å². The molecule has 0 radical (unpaired) electrons. The number of carbonyl (C=O) groups is 1. The molecule has 3 nitrogen and oxygen atoms in total. The minimum Gasteiger partial charge on any atom is -0.325 e. The summed E-state index contributed by atoms with van der Waals surface area (Å²) in [4.78, 5) is 12.4. The fourth-order valence-corrected chi connectivity index (χ4v) is 2.77. The number of carbonyl (C=O) groups excluding carboxylic acids is 1. The quantitative estimate of drug-likeness (QED) is 0.906. The van der Waals surface area contributed by atoms with Crippen LogP contribution in [0.15, 0.2) is 54.6 Å². The van der Waals surface area contributed by atoms with E-state index in [0.717, 1.165) is 42.7 Å². The molecule has 108 valence electrons. The van der Waals surface area contributed by atoms with Gasteiger partial charge in [-0.3, -0.25) is 4.79 Å². The molecule has 2 aromatic rings. The van der Waals surface area contributed by atoms with Crippen LogP contribution in [-0.2, 0) is 4.79 Å². The summed E-state index contributed by atoms with van der Waals surface area (Å²) in [5.74, 6) is 0.188. The second-order valence-electron chi connectivity index (χ2n) is 5.44. The van der Waals surface area contributed by atoms with Gasteiger partial charge in [-0.25, -0.2) is 0 Å². The molecule has 2 aromatic carbocycles. The van der Waals surface area contributed by atoms with Crippen LogP contribution >= 0.6 is 0 Å². The molecule has 0 bridgehead atoms. The molecular formula is C18H20N2O. The van der Waals surface area contributed by atoms with Gasteiger partial charge in [0, 0.05) is 17.8 Å². The van der Waals surface area contributed by atoms with Crippen LogP contribution in [0, 0.1) is 5.92 Å². The first-order valence-electron chi connectivity index (χ1n) is 7.50. The lowest BCUT2D eigenvalue weighted by Crippen LogP contribution is -2.37. The highest BCUT2D eigenvalue weighted by Crippen LogP contribution is 2.28. The van der Waals surface area contributed by atoms with E-state index in [-0.39, 0.29) is 11.8 Å². The van der Waals surface area contributed by atoms with Crippen LogP contribution in [0.25, 0.3) is 11.1 Å². The Bertz CT molecular complexity index is 604. The molecule has 0 unspecified atom stereocenters. The highest BCUT2D eigenvalue weighted by molar-refractivity contribution is 5.96. The third-order valence-corrected chi connectivity index (χ3v) is 3.94. The third kappa shape index (κ3) is 3.31. The first kappa shape index (κ1) is 13.8. The van der Waals surface area contributed by atoms with Crippen molar-refractivity contribution in [3.63, 3.8) is 0 Å². The highest BCUT2D eigenvalue weighted by Gasteiger charge is 2.21. The summed E-state index contributed by atoms with van der Waals surface area (Å²) in [7, 11) is 0. The summed E-state index contributed by atoms with van der Waals surface area (Å²) in [5.41, 5.74) is 3.07. The van der Waals surface area contributed by atoms with E-state index in [9.17, 15) is 4.79 Å². The van der Waals surface area contributed by atoms with E-state index in [2.05, 4.69) is 22.8 Å². The standard InChI is InChI=1S/C18H20N2O/c21-18(15-9-6-12-19-13-15)20-17-11-5-4-10-16(17)14-7-2-1-3-8-14/h1-5,7-8,10-11,15,19H,6,9,12-13H2,(H,20,21)/t15-/m1/s1. The maximum Gasteiger partial charge on any atom is 0.228 e. The third-order valence-electron chi connectivity index (χ3n) is 3.94. The lowest BCUT2D eigenvalue weighted by Gasteiger charge is -2.22. The topological polar surface area (TPSA) is 41.1 Å². The van der Waals surface area contributed by atoms with Gasteiger partial charge in [0.1, 0.15) is 0 Å². The molecule has 21 heavy (non-hydrogen) atoms. The van der Waals surface area contributed by atoms with Gasteiger partial charge in [-0.2, -0.15) is 0 Å². The number of hydrogen-bond donors (Lipinski definition) is 2. The zero-order chi connectivity index (χ0) is 14.5. The van der Waals surface area contributed by atoms with E-state index in [1.54, 1.807) is 0 Å². The van der Waals surface area contributed by atoms with Crippen LogP contribution in [-0.4, -0.2) is 19.0 Å². The monoisotopic (exact) mass is 280 g/mol. The zero-order valence-corrected chi connectivity index (χ0v) is 12.0. The molecule has 3 heteroatoms. The van der Waals surface area contributed by atoms with E-state index in [1.807, 2.05) is 42.5 Å². The second-order valence-corrected chi connectivity index (χ2v) is 5.44. The van der Waals surface area contributed by atoms with Crippen LogP contribution in [0.3, 0.4) is 0 Å². The molecule has 1 atom stereocenters. The van der Waals surface area contributed by atoms with Crippen molar-refractivity contribution in [1.29, 1.82) is 0 Å². The van der Waals surface area contributed by atoms with Crippen LogP contribution in [0.1, 0.15) is 12.8 Å². The normalized spacial score (nSPS) is 18.2. The number of anilines is 1. The minimum atomic E-state index is 0.0718. The molecule has 1 heterocycles. The van der Waals surface area contributed by atoms with E-state index in [4.69, 9.17) is 0 Å². The molecule has 1 fully saturated rings. The molecule has 1 saturated heterocycles. The summed E-state index contributed by atoms with van der Waals surface area (Å²) < 4.78 is 0. The van der Waals surface area contributed by atoms with Crippen molar-refractivity contribution in [1.82, 2.24) is 5.32 Å². The number of amides is 1. The van der Waals surface area contributed by atoms with E-state index >= 15 is 0 Å². The molecule has 3 rings (SSSR count). The summed E-state index contributed by atoms with van der Waals surface area (Å²) in [5, 5.41) is 6.39. The average Bonchev–Trinajstić information content (AvgIpc) is 2.57. The van der Waals surface area contributed by atoms with Crippen molar-refractivity contribution >= 4 is 11.6 Å². The zero-order valence-electron chi connectivity index (χ0n) is 12.0. The summed E-state index contributed by atoms with van der Waals surface area (Å²) >= 11 is 0. The fourth-order valence-electron chi connectivity index (χ4n) is 2.77.